The summed E-state index contributed by atoms with van der Waals surface area (Å²) in [5, 5.41) is 8.01. The van der Waals surface area contributed by atoms with Gasteiger partial charge in [0.25, 0.3) is 0 Å². The number of ether oxygens (including phenoxy) is 1. The van der Waals surface area contributed by atoms with Gasteiger partial charge in [0.15, 0.2) is 11.4 Å². The minimum Gasteiger partial charge on any atom is -0.497 e. The highest BCUT2D eigenvalue weighted by molar-refractivity contribution is 9.10. The van der Waals surface area contributed by atoms with Crippen LogP contribution in [0.4, 0.5) is 11.6 Å². The third-order valence-corrected chi connectivity index (χ3v) is 3.31. The van der Waals surface area contributed by atoms with Crippen molar-refractivity contribution in [1.82, 2.24) is 10.1 Å². The molecule has 19 heavy (non-hydrogen) atoms. The third-order valence-electron chi connectivity index (χ3n) is 2.67. The molecule has 2 heterocycles. The minimum atomic E-state index is 0.622. The summed E-state index contributed by atoms with van der Waals surface area (Å²) in [6.07, 6.45) is 1.71. The molecule has 0 aliphatic heterocycles. The first-order chi connectivity index (χ1) is 9.28. The highest BCUT2D eigenvalue weighted by Gasteiger charge is 2.11. The highest BCUT2D eigenvalue weighted by atomic mass is 79.9. The van der Waals surface area contributed by atoms with Gasteiger partial charge in [-0.3, -0.25) is 0 Å². The Balaban J connectivity index is 2.00. The summed E-state index contributed by atoms with van der Waals surface area (Å²) in [4.78, 5) is 4.23. The minimum absolute atomic E-state index is 0.622. The molecule has 0 radical (unpaired) electrons. The fourth-order valence-corrected chi connectivity index (χ4v) is 2.08. The summed E-state index contributed by atoms with van der Waals surface area (Å²) in [5.74, 6) is 2.04. The number of pyridine rings is 1. The van der Waals surface area contributed by atoms with E-state index in [1.165, 1.54) is 0 Å². The van der Waals surface area contributed by atoms with Crippen LogP contribution in [0.3, 0.4) is 0 Å². The predicted octanol–water partition coefficient (Wildman–Crippen LogP) is 3.74. The summed E-state index contributed by atoms with van der Waals surface area (Å²) >= 11 is 3.43. The molecular formula is C13H10BrN3O2. The number of hydrogen-bond donors (Lipinski definition) is 1. The van der Waals surface area contributed by atoms with Gasteiger partial charge >= 0.3 is 0 Å². The lowest BCUT2D eigenvalue weighted by atomic mass is 10.2. The van der Waals surface area contributed by atoms with Gasteiger partial charge in [-0.2, -0.15) is 0 Å². The van der Waals surface area contributed by atoms with Gasteiger partial charge in [0, 0.05) is 12.3 Å². The van der Waals surface area contributed by atoms with E-state index in [2.05, 4.69) is 31.4 Å². The van der Waals surface area contributed by atoms with Crippen molar-refractivity contribution >= 4 is 38.5 Å². The molecule has 0 unspecified atom stereocenters. The molecule has 0 bridgehead atoms. The Morgan fingerprint density at radius 1 is 1.26 bits per heavy atom. The normalized spacial score (nSPS) is 10.6. The van der Waals surface area contributed by atoms with Crippen LogP contribution in [0, 0.1) is 0 Å². The molecule has 0 saturated heterocycles. The first-order valence-corrected chi connectivity index (χ1v) is 6.38. The standard InChI is InChI=1S/C13H10BrN3O2/c1-18-8-4-5-9-11(7-8)19-17-12(9)16-13-10(14)3-2-6-15-13/h2-7H,1H3,(H,15,16,17). The van der Waals surface area contributed by atoms with Crippen molar-refractivity contribution in [3.63, 3.8) is 0 Å². The molecule has 1 N–H and O–H groups in total. The molecule has 0 saturated carbocycles. The summed E-state index contributed by atoms with van der Waals surface area (Å²) in [7, 11) is 1.61. The van der Waals surface area contributed by atoms with E-state index < -0.39 is 0 Å². The number of halogens is 1. The Hall–Kier alpha value is -2.08. The summed E-state index contributed by atoms with van der Waals surface area (Å²) in [6.45, 7) is 0. The van der Waals surface area contributed by atoms with Gasteiger partial charge in [0.2, 0.25) is 0 Å². The molecule has 96 valence electrons. The third kappa shape index (κ3) is 2.26. The maximum atomic E-state index is 5.27. The molecule has 5 nitrogen and oxygen atoms in total. The van der Waals surface area contributed by atoms with Crippen LogP contribution in [0.5, 0.6) is 5.75 Å². The fraction of sp³-hybridized carbons (Fsp3) is 0.0769. The summed E-state index contributed by atoms with van der Waals surface area (Å²) < 4.78 is 11.3. The second-order valence-electron chi connectivity index (χ2n) is 3.85. The molecule has 1 aromatic carbocycles. The van der Waals surface area contributed by atoms with Crippen molar-refractivity contribution in [3.05, 3.63) is 41.0 Å². The number of nitrogens with zero attached hydrogens (tertiary/aromatic N) is 2. The van der Waals surface area contributed by atoms with Crippen LogP contribution in [-0.4, -0.2) is 17.3 Å². The average molecular weight is 320 g/mol. The number of rotatable bonds is 3. The number of aromatic nitrogens is 2. The van der Waals surface area contributed by atoms with Crippen LogP contribution < -0.4 is 10.1 Å². The number of hydrogen-bond acceptors (Lipinski definition) is 5. The lowest BCUT2D eigenvalue weighted by Crippen LogP contribution is -1.94. The van der Waals surface area contributed by atoms with E-state index in [1.807, 2.05) is 24.3 Å². The number of anilines is 2. The van der Waals surface area contributed by atoms with E-state index in [4.69, 9.17) is 9.26 Å². The molecule has 6 heteroatoms. The first-order valence-electron chi connectivity index (χ1n) is 5.59. The number of fused-ring (bicyclic) bond motifs is 1. The zero-order valence-electron chi connectivity index (χ0n) is 10.1. The Kier molecular flexibility index (Phi) is 3.08. The maximum Gasteiger partial charge on any atom is 0.182 e. The van der Waals surface area contributed by atoms with E-state index in [9.17, 15) is 0 Å². The second kappa shape index (κ2) is 4.89. The molecule has 0 atom stereocenters. The molecule has 3 aromatic rings. The monoisotopic (exact) mass is 319 g/mol. The lowest BCUT2D eigenvalue weighted by molar-refractivity contribution is 0.412. The molecule has 0 aliphatic rings. The summed E-state index contributed by atoms with van der Waals surface area (Å²) in [5.41, 5.74) is 0.661. The van der Waals surface area contributed by atoms with Gasteiger partial charge in [-0.15, -0.1) is 0 Å². The molecule has 0 aliphatic carbocycles. The Bertz CT molecular complexity index is 727. The Labute approximate surface area is 117 Å². The molecule has 0 spiro atoms. The molecule has 2 aromatic heterocycles. The number of benzene rings is 1. The van der Waals surface area contributed by atoms with E-state index in [-0.39, 0.29) is 0 Å². The van der Waals surface area contributed by atoms with Crippen molar-refractivity contribution < 1.29 is 9.26 Å². The van der Waals surface area contributed by atoms with E-state index >= 15 is 0 Å². The van der Waals surface area contributed by atoms with Gasteiger partial charge in [0.1, 0.15) is 11.6 Å². The SMILES string of the molecule is COc1ccc2c(Nc3ncccc3Br)noc2c1. The second-order valence-corrected chi connectivity index (χ2v) is 4.71. The molecule has 3 rings (SSSR count). The number of nitrogens with one attached hydrogen (secondary N) is 1. The van der Waals surface area contributed by atoms with Gasteiger partial charge in [0.05, 0.1) is 17.0 Å². The van der Waals surface area contributed by atoms with Crippen LogP contribution >= 0.6 is 15.9 Å². The van der Waals surface area contributed by atoms with Crippen LogP contribution in [0.1, 0.15) is 0 Å². The fourth-order valence-electron chi connectivity index (χ4n) is 1.72. The highest BCUT2D eigenvalue weighted by Crippen LogP contribution is 2.30. The van der Waals surface area contributed by atoms with Gasteiger partial charge in [-0.05, 0) is 40.2 Å². The first kappa shape index (κ1) is 12.0. The van der Waals surface area contributed by atoms with Crippen molar-refractivity contribution in [2.75, 3.05) is 12.4 Å². The van der Waals surface area contributed by atoms with E-state index in [1.54, 1.807) is 19.4 Å². The van der Waals surface area contributed by atoms with Crippen LogP contribution in [0.25, 0.3) is 11.0 Å². The maximum absolute atomic E-state index is 5.27. The predicted molar refractivity (Wildman–Crippen MR) is 75.8 cm³/mol. The van der Waals surface area contributed by atoms with Crippen molar-refractivity contribution in [3.8, 4) is 5.75 Å². The number of methoxy groups -OCH3 is 1. The van der Waals surface area contributed by atoms with Crippen LogP contribution in [0.2, 0.25) is 0 Å². The van der Waals surface area contributed by atoms with Crippen LogP contribution in [-0.2, 0) is 0 Å². The smallest absolute Gasteiger partial charge is 0.182 e. The topological polar surface area (TPSA) is 60.2 Å². The van der Waals surface area contributed by atoms with E-state index in [0.717, 1.165) is 15.6 Å². The quantitative estimate of drug-likeness (QED) is 0.796. The van der Waals surface area contributed by atoms with Gasteiger partial charge in [-0.25, -0.2) is 4.98 Å². The Morgan fingerprint density at radius 3 is 2.95 bits per heavy atom. The Morgan fingerprint density at radius 2 is 2.16 bits per heavy atom. The van der Waals surface area contributed by atoms with Crippen molar-refractivity contribution in [2.45, 2.75) is 0 Å². The average Bonchev–Trinajstić information content (AvgIpc) is 2.83. The zero-order chi connectivity index (χ0) is 13.2. The van der Waals surface area contributed by atoms with E-state index in [0.29, 0.717) is 17.2 Å². The molecular weight excluding hydrogens is 310 g/mol. The van der Waals surface area contributed by atoms with Crippen molar-refractivity contribution in [1.29, 1.82) is 0 Å². The zero-order valence-corrected chi connectivity index (χ0v) is 11.6. The molecule has 0 amide bonds. The van der Waals surface area contributed by atoms with Gasteiger partial charge < -0.3 is 14.6 Å². The van der Waals surface area contributed by atoms with Gasteiger partial charge in [-0.1, -0.05) is 5.16 Å². The van der Waals surface area contributed by atoms with Crippen LogP contribution in [0.15, 0.2) is 45.5 Å². The lowest BCUT2D eigenvalue weighted by Gasteiger charge is -2.03. The largest absolute Gasteiger partial charge is 0.497 e. The van der Waals surface area contributed by atoms with Crippen molar-refractivity contribution in [2.24, 2.45) is 0 Å². The summed E-state index contributed by atoms with van der Waals surface area (Å²) in [6, 6.07) is 9.30. The molecule has 0 fully saturated rings.